The number of aryl methyl sites for hydroxylation is 1. The van der Waals surface area contributed by atoms with Gasteiger partial charge in [-0.05, 0) is 38.1 Å². The average Bonchev–Trinajstić information content (AvgIpc) is 2.73. The Balaban J connectivity index is 1.44. The van der Waals surface area contributed by atoms with Gasteiger partial charge < -0.3 is 20.2 Å². The molecule has 29 heavy (non-hydrogen) atoms. The number of carbonyl (C=O) groups is 2. The third kappa shape index (κ3) is 5.67. The second-order valence-electron chi connectivity index (χ2n) is 7.17. The molecular formula is C22H27N3O3S. The number of phenols is 1. The van der Waals surface area contributed by atoms with Gasteiger partial charge in [0.25, 0.3) is 0 Å². The predicted octanol–water partition coefficient (Wildman–Crippen LogP) is 3.11. The molecular weight excluding hydrogens is 386 g/mol. The fourth-order valence-corrected chi connectivity index (χ4v) is 4.03. The van der Waals surface area contributed by atoms with E-state index < -0.39 is 0 Å². The maximum Gasteiger partial charge on any atom is 0.235 e. The van der Waals surface area contributed by atoms with E-state index in [1.54, 1.807) is 12.1 Å². The van der Waals surface area contributed by atoms with Crippen molar-refractivity contribution in [2.75, 3.05) is 42.1 Å². The summed E-state index contributed by atoms with van der Waals surface area (Å²) in [5.74, 6) is 0.437. The fraction of sp³-hybridized carbons (Fsp3) is 0.364. The molecule has 0 aromatic heterocycles. The molecule has 6 nitrogen and oxygen atoms in total. The van der Waals surface area contributed by atoms with Crippen molar-refractivity contribution in [1.82, 2.24) is 4.90 Å². The molecule has 2 aromatic rings. The van der Waals surface area contributed by atoms with Gasteiger partial charge in [-0.2, -0.15) is 0 Å². The number of para-hydroxylation sites is 2. The Morgan fingerprint density at radius 1 is 1.07 bits per heavy atom. The van der Waals surface area contributed by atoms with Gasteiger partial charge in [-0.1, -0.05) is 29.8 Å². The minimum atomic E-state index is -0.282. The first-order valence-electron chi connectivity index (χ1n) is 9.74. The lowest BCUT2D eigenvalue weighted by Gasteiger charge is -2.37. The second kappa shape index (κ2) is 9.69. The largest absolute Gasteiger partial charge is 0.506 e. The summed E-state index contributed by atoms with van der Waals surface area (Å²) in [6.07, 6.45) is 0. The normalized spacial score (nSPS) is 15.1. The van der Waals surface area contributed by atoms with Crippen LogP contribution in [-0.2, 0) is 9.59 Å². The number of nitrogens with zero attached hydrogens (tertiary/aromatic N) is 2. The van der Waals surface area contributed by atoms with Gasteiger partial charge in [0.05, 0.1) is 16.7 Å². The Hall–Kier alpha value is -2.67. The first-order valence-corrected chi connectivity index (χ1v) is 10.8. The van der Waals surface area contributed by atoms with E-state index in [2.05, 4.69) is 10.2 Å². The van der Waals surface area contributed by atoms with Gasteiger partial charge in [-0.25, -0.2) is 0 Å². The van der Waals surface area contributed by atoms with Gasteiger partial charge in [0.1, 0.15) is 5.75 Å². The van der Waals surface area contributed by atoms with Crippen molar-refractivity contribution in [2.45, 2.75) is 19.1 Å². The number of amides is 2. The average molecular weight is 414 g/mol. The zero-order chi connectivity index (χ0) is 20.8. The number of benzene rings is 2. The topological polar surface area (TPSA) is 72.9 Å². The van der Waals surface area contributed by atoms with Gasteiger partial charge in [-0.3, -0.25) is 9.59 Å². The van der Waals surface area contributed by atoms with Crippen molar-refractivity contribution in [3.63, 3.8) is 0 Å². The number of aromatic hydroxyl groups is 1. The summed E-state index contributed by atoms with van der Waals surface area (Å²) in [6.45, 7) is 6.41. The zero-order valence-electron chi connectivity index (χ0n) is 16.8. The summed E-state index contributed by atoms with van der Waals surface area (Å²) in [4.78, 5) is 28.8. The van der Waals surface area contributed by atoms with E-state index in [0.29, 0.717) is 26.2 Å². The molecule has 3 rings (SSSR count). The van der Waals surface area contributed by atoms with Crippen LogP contribution in [0.1, 0.15) is 12.5 Å². The van der Waals surface area contributed by atoms with Gasteiger partial charge in [0.2, 0.25) is 11.8 Å². The van der Waals surface area contributed by atoms with E-state index in [9.17, 15) is 14.7 Å². The monoisotopic (exact) mass is 413 g/mol. The lowest BCUT2D eigenvalue weighted by atomic mass is 10.2. The van der Waals surface area contributed by atoms with Crippen molar-refractivity contribution in [3.05, 3.63) is 54.1 Å². The molecule has 0 unspecified atom stereocenters. The van der Waals surface area contributed by atoms with Crippen molar-refractivity contribution in [1.29, 1.82) is 0 Å². The number of anilines is 2. The summed E-state index contributed by atoms with van der Waals surface area (Å²) < 4.78 is 0. The maximum atomic E-state index is 12.7. The number of rotatable bonds is 6. The molecule has 154 valence electrons. The van der Waals surface area contributed by atoms with Crippen LogP contribution in [0.15, 0.2) is 48.5 Å². The Labute approximate surface area is 175 Å². The molecule has 1 heterocycles. The highest BCUT2D eigenvalue weighted by Gasteiger charge is 2.26. The third-order valence-electron chi connectivity index (χ3n) is 4.96. The van der Waals surface area contributed by atoms with E-state index in [-0.39, 0.29) is 28.6 Å². The molecule has 1 saturated heterocycles. The van der Waals surface area contributed by atoms with E-state index in [1.165, 1.54) is 11.8 Å². The molecule has 0 spiro atoms. The van der Waals surface area contributed by atoms with Crippen molar-refractivity contribution < 1.29 is 14.7 Å². The van der Waals surface area contributed by atoms with Crippen LogP contribution < -0.4 is 10.2 Å². The number of hydrogen-bond donors (Lipinski definition) is 2. The van der Waals surface area contributed by atoms with Crippen LogP contribution in [0, 0.1) is 6.92 Å². The minimum absolute atomic E-state index is 0.0510. The molecule has 0 aliphatic carbocycles. The smallest absolute Gasteiger partial charge is 0.235 e. The molecule has 0 bridgehead atoms. The maximum absolute atomic E-state index is 12.7. The molecule has 1 atom stereocenters. The molecule has 0 radical (unpaired) electrons. The van der Waals surface area contributed by atoms with Crippen molar-refractivity contribution >= 4 is 35.0 Å². The molecule has 2 amide bonds. The fourth-order valence-electron chi connectivity index (χ4n) is 3.26. The van der Waals surface area contributed by atoms with Crippen LogP contribution in [-0.4, -0.2) is 59.0 Å². The highest BCUT2D eigenvalue weighted by atomic mass is 32.2. The standard InChI is InChI=1S/C22H27N3O3S/c1-16-7-9-18(10-8-16)23-21(27)15-29-17(2)22(28)25-13-11-24(12-14-25)19-5-3-4-6-20(19)26/h3-10,17,26H,11-15H2,1-2H3,(H,23,27)/t17-/m1/s1. The van der Waals surface area contributed by atoms with Gasteiger partial charge in [0, 0.05) is 31.9 Å². The number of carbonyl (C=O) groups excluding carboxylic acids is 2. The number of thioether (sulfide) groups is 1. The number of hydrogen-bond acceptors (Lipinski definition) is 5. The van der Waals surface area contributed by atoms with Gasteiger partial charge >= 0.3 is 0 Å². The molecule has 1 fully saturated rings. The molecule has 2 N–H and O–H groups in total. The van der Waals surface area contributed by atoms with E-state index in [4.69, 9.17) is 0 Å². The Morgan fingerprint density at radius 2 is 1.72 bits per heavy atom. The zero-order valence-corrected chi connectivity index (χ0v) is 17.6. The van der Waals surface area contributed by atoms with Crippen LogP contribution in [0.4, 0.5) is 11.4 Å². The summed E-state index contributed by atoms with van der Waals surface area (Å²) >= 11 is 1.35. The van der Waals surface area contributed by atoms with Crippen LogP contribution in [0.3, 0.4) is 0 Å². The Bertz CT molecular complexity index is 849. The lowest BCUT2D eigenvalue weighted by Crippen LogP contribution is -2.50. The molecule has 1 aliphatic heterocycles. The van der Waals surface area contributed by atoms with E-state index in [0.717, 1.165) is 16.9 Å². The summed E-state index contributed by atoms with van der Waals surface area (Å²) in [5.41, 5.74) is 2.70. The third-order valence-corrected chi connectivity index (χ3v) is 6.09. The van der Waals surface area contributed by atoms with Crippen LogP contribution in [0.2, 0.25) is 0 Å². The highest BCUT2D eigenvalue weighted by molar-refractivity contribution is 8.01. The van der Waals surface area contributed by atoms with Crippen LogP contribution in [0.25, 0.3) is 0 Å². The second-order valence-corrected chi connectivity index (χ2v) is 8.50. The molecule has 1 aliphatic rings. The summed E-state index contributed by atoms with van der Waals surface area (Å²) in [5, 5.41) is 12.6. The Morgan fingerprint density at radius 3 is 2.38 bits per heavy atom. The number of nitrogens with one attached hydrogen (secondary N) is 1. The Kier molecular flexibility index (Phi) is 7.04. The van der Waals surface area contributed by atoms with Crippen molar-refractivity contribution in [3.8, 4) is 5.75 Å². The number of piperazine rings is 1. The van der Waals surface area contributed by atoms with Crippen molar-refractivity contribution in [2.24, 2.45) is 0 Å². The van der Waals surface area contributed by atoms with Gasteiger partial charge in [-0.15, -0.1) is 11.8 Å². The van der Waals surface area contributed by atoms with Crippen LogP contribution >= 0.6 is 11.8 Å². The quantitative estimate of drug-likeness (QED) is 0.761. The SMILES string of the molecule is Cc1ccc(NC(=O)CS[C@H](C)C(=O)N2CCN(c3ccccc3O)CC2)cc1. The van der Waals surface area contributed by atoms with Crippen LogP contribution in [0.5, 0.6) is 5.75 Å². The first-order chi connectivity index (χ1) is 13.9. The summed E-state index contributed by atoms with van der Waals surface area (Å²) in [6, 6.07) is 14.9. The summed E-state index contributed by atoms with van der Waals surface area (Å²) in [7, 11) is 0. The molecule has 2 aromatic carbocycles. The minimum Gasteiger partial charge on any atom is -0.506 e. The lowest BCUT2D eigenvalue weighted by molar-refractivity contribution is -0.130. The molecule has 7 heteroatoms. The number of phenolic OH excluding ortho intramolecular Hbond substituents is 1. The van der Waals surface area contributed by atoms with E-state index in [1.807, 2.05) is 55.1 Å². The van der Waals surface area contributed by atoms with Gasteiger partial charge in [0.15, 0.2) is 0 Å². The highest BCUT2D eigenvalue weighted by Crippen LogP contribution is 2.27. The molecule has 0 saturated carbocycles. The predicted molar refractivity (Wildman–Crippen MR) is 119 cm³/mol. The first kappa shape index (κ1) is 21.0. The van der Waals surface area contributed by atoms with E-state index >= 15 is 0 Å².